The SMILES string of the molecule is O=C(NNC(=S)NCc1ccccc1)c1ccc(Cl)c(S(=O)(=O)NC2CC2)c1. The standard InChI is InChI=1S/C18H19ClN4O3S2/c19-15-9-6-13(10-16(15)28(25,26)23-14-7-8-14)17(24)21-22-18(27)20-11-12-4-2-1-3-5-12/h1-6,9-10,14,23H,7-8,11H2,(H,21,24)(H2,20,22,27). The Morgan fingerprint density at radius 2 is 1.82 bits per heavy atom. The van der Waals surface area contributed by atoms with Crippen LogP contribution in [0.1, 0.15) is 28.8 Å². The van der Waals surface area contributed by atoms with Gasteiger partial charge in [0.1, 0.15) is 4.90 Å². The molecule has 1 saturated carbocycles. The van der Waals surface area contributed by atoms with Crippen LogP contribution in [0.3, 0.4) is 0 Å². The summed E-state index contributed by atoms with van der Waals surface area (Å²) in [6.45, 7) is 0.499. The quantitative estimate of drug-likeness (QED) is 0.407. The number of carbonyl (C=O) groups is 1. The topological polar surface area (TPSA) is 99.3 Å². The Morgan fingerprint density at radius 1 is 1.11 bits per heavy atom. The van der Waals surface area contributed by atoms with E-state index in [1.54, 1.807) is 0 Å². The summed E-state index contributed by atoms with van der Waals surface area (Å²) in [5.74, 6) is -0.539. The lowest BCUT2D eigenvalue weighted by molar-refractivity contribution is 0.0943. The summed E-state index contributed by atoms with van der Waals surface area (Å²) in [5.41, 5.74) is 6.20. The number of hydrazine groups is 1. The lowest BCUT2D eigenvalue weighted by Crippen LogP contribution is -2.46. The summed E-state index contributed by atoms with van der Waals surface area (Å²) in [6.07, 6.45) is 1.60. The number of nitrogens with one attached hydrogen (secondary N) is 4. The molecule has 4 N–H and O–H groups in total. The van der Waals surface area contributed by atoms with Gasteiger partial charge in [-0.2, -0.15) is 0 Å². The smallest absolute Gasteiger partial charge is 0.269 e. The Kier molecular flexibility index (Phi) is 6.50. The van der Waals surface area contributed by atoms with Crippen molar-refractivity contribution < 1.29 is 13.2 Å². The first-order valence-corrected chi connectivity index (χ1v) is 10.8. The molecular weight excluding hydrogens is 420 g/mol. The van der Waals surface area contributed by atoms with Crippen LogP contribution in [0.25, 0.3) is 0 Å². The molecule has 0 heterocycles. The molecule has 0 aliphatic heterocycles. The number of sulfonamides is 1. The average molecular weight is 439 g/mol. The van der Waals surface area contributed by atoms with Gasteiger partial charge in [0.2, 0.25) is 10.0 Å². The molecule has 0 spiro atoms. The fraction of sp³-hybridized carbons (Fsp3) is 0.222. The van der Waals surface area contributed by atoms with Gasteiger partial charge in [0.25, 0.3) is 5.91 Å². The van der Waals surface area contributed by atoms with Gasteiger partial charge in [-0.1, -0.05) is 41.9 Å². The summed E-state index contributed by atoms with van der Waals surface area (Å²) >= 11 is 11.1. The second-order valence-electron chi connectivity index (χ2n) is 6.29. The number of hydrogen-bond acceptors (Lipinski definition) is 4. The van der Waals surface area contributed by atoms with Crippen molar-refractivity contribution in [2.75, 3.05) is 0 Å². The van der Waals surface area contributed by atoms with Crippen LogP contribution in [-0.2, 0) is 16.6 Å². The van der Waals surface area contributed by atoms with Crippen molar-refractivity contribution in [3.63, 3.8) is 0 Å². The van der Waals surface area contributed by atoms with Crippen molar-refractivity contribution in [3.05, 3.63) is 64.7 Å². The molecule has 0 aromatic heterocycles. The molecule has 148 valence electrons. The predicted molar refractivity (Wildman–Crippen MR) is 111 cm³/mol. The van der Waals surface area contributed by atoms with E-state index in [-0.39, 0.29) is 26.6 Å². The van der Waals surface area contributed by atoms with E-state index in [1.165, 1.54) is 18.2 Å². The first kappa shape index (κ1) is 20.5. The molecule has 2 aromatic rings. The molecule has 2 aromatic carbocycles. The number of benzene rings is 2. The van der Waals surface area contributed by atoms with E-state index in [2.05, 4.69) is 20.9 Å². The summed E-state index contributed by atoms with van der Waals surface area (Å²) in [7, 11) is -3.77. The number of rotatable bonds is 6. The third-order valence-corrected chi connectivity index (χ3v) is 6.22. The van der Waals surface area contributed by atoms with E-state index in [9.17, 15) is 13.2 Å². The molecule has 0 radical (unpaired) electrons. The van der Waals surface area contributed by atoms with Crippen LogP contribution < -0.4 is 20.9 Å². The molecule has 1 amide bonds. The van der Waals surface area contributed by atoms with Gasteiger partial charge in [-0.25, -0.2) is 13.1 Å². The van der Waals surface area contributed by atoms with Crippen LogP contribution in [0.2, 0.25) is 5.02 Å². The number of halogens is 1. The lowest BCUT2D eigenvalue weighted by atomic mass is 10.2. The van der Waals surface area contributed by atoms with Crippen molar-refractivity contribution in [2.45, 2.75) is 30.3 Å². The number of amides is 1. The highest BCUT2D eigenvalue weighted by Crippen LogP contribution is 2.26. The van der Waals surface area contributed by atoms with Crippen LogP contribution in [0.5, 0.6) is 0 Å². The molecule has 7 nitrogen and oxygen atoms in total. The van der Waals surface area contributed by atoms with Gasteiger partial charge in [0.05, 0.1) is 5.02 Å². The van der Waals surface area contributed by atoms with Crippen LogP contribution in [0.4, 0.5) is 0 Å². The second kappa shape index (κ2) is 8.87. The molecule has 1 fully saturated rings. The Hall–Kier alpha value is -2.20. The minimum absolute atomic E-state index is 0.0534. The van der Waals surface area contributed by atoms with Crippen molar-refractivity contribution in [2.24, 2.45) is 0 Å². The molecule has 3 rings (SSSR count). The molecule has 0 atom stereocenters. The van der Waals surface area contributed by atoms with Gasteiger partial charge in [-0.05, 0) is 48.8 Å². The maximum atomic E-state index is 12.4. The zero-order valence-corrected chi connectivity index (χ0v) is 17.1. The zero-order chi connectivity index (χ0) is 20.1. The largest absolute Gasteiger partial charge is 0.357 e. The molecular formula is C18H19ClN4O3S2. The second-order valence-corrected chi connectivity index (χ2v) is 8.79. The minimum Gasteiger partial charge on any atom is -0.357 e. The molecule has 0 bridgehead atoms. The summed E-state index contributed by atoms with van der Waals surface area (Å²) in [4.78, 5) is 12.2. The number of hydrogen-bond donors (Lipinski definition) is 4. The van der Waals surface area contributed by atoms with E-state index in [0.29, 0.717) is 6.54 Å². The summed E-state index contributed by atoms with van der Waals surface area (Å²) in [6, 6.07) is 13.6. The monoisotopic (exact) mass is 438 g/mol. The van der Waals surface area contributed by atoms with Crippen LogP contribution >= 0.6 is 23.8 Å². The number of carbonyl (C=O) groups excluding carboxylic acids is 1. The fourth-order valence-electron chi connectivity index (χ4n) is 2.34. The molecule has 28 heavy (non-hydrogen) atoms. The Labute approximate surface area is 173 Å². The van der Waals surface area contributed by atoms with E-state index in [4.69, 9.17) is 23.8 Å². The average Bonchev–Trinajstić information content (AvgIpc) is 3.48. The first-order chi connectivity index (χ1) is 13.3. The molecule has 0 unspecified atom stereocenters. The van der Waals surface area contributed by atoms with Gasteiger partial charge in [0.15, 0.2) is 5.11 Å². The summed E-state index contributed by atoms with van der Waals surface area (Å²) in [5, 5.41) is 3.24. The zero-order valence-electron chi connectivity index (χ0n) is 14.7. The van der Waals surface area contributed by atoms with Crippen LogP contribution in [0, 0.1) is 0 Å². The third-order valence-electron chi connectivity index (χ3n) is 3.97. The van der Waals surface area contributed by atoms with Gasteiger partial charge < -0.3 is 5.32 Å². The minimum atomic E-state index is -3.77. The van der Waals surface area contributed by atoms with E-state index < -0.39 is 15.9 Å². The Morgan fingerprint density at radius 3 is 2.50 bits per heavy atom. The highest BCUT2D eigenvalue weighted by Gasteiger charge is 2.29. The van der Waals surface area contributed by atoms with Crippen molar-refractivity contribution in [1.29, 1.82) is 0 Å². The lowest BCUT2D eigenvalue weighted by Gasteiger charge is -2.13. The van der Waals surface area contributed by atoms with Gasteiger partial charge in [-0.3, -0.25) is 15.6 Å². The number of thiocarbonyl (C=S) groups is 1. The first-order valence-electron chi connectivity index (χ1n) is 8.55. The van der Waals surface area contributed by atoms with Gasteiger partial charge in [0, 0.05) is 18.2 Å². The van der Waals surface area contributed by atoms with Crippen molar-refractivity contribution in [1.82, 2.24) is 20.9 Å². The van der Waals surface area contributed by atoms with E-state index in [1.807, 2.05) is 30.3 Å². The molecule has 1 aliphatic rings. The van der Waals surface area contributed by atoms with Crippen LogP contribution in [0.15, 0.2) is 53.4 Å². The normalized spacial score (nSPS) is 13.6. The van der Waals surface area contributed by atoms with E-state index in [0.717, 1.165) is 18.4 Å². The van der Waals surface area contributed by atoms with E-state index >= 15 is 0 Å². The molecule has 0 saturated heterocycles. The maximum absolute atomic E-state index is 12.4. The fourth-order valence-corrected chi connectivity index (χ4v) is 4.30. The predicted octanol–water partition coefficient (Wildman–Crippen LogP) is 2.09. The maximum Gasteiger partial charge on any atom is 0.269 e. The highest BCUT2D eigenvalue weighted by molar-refractivity contribution is 7.89. The van der Waals surface area contributed by atoms with Gasteiger partial charge >= 0.3 is 0 Å². The van der Waals surface area contributed by atoms with Crippen LogP contribution in [-0.4, -0.2) is 25.5 Å². The Bertz CT molecular complexity index is 980. The van der Waals surface area contributed by atoms with Gasteiger partial charge in [-0.15, -0.1) is 0 Å². The summed E-state index contributed by atoms with van der Waals surface area (Å²) < 4.78 is 27.3. The third kappa shape index (κ3) is 5.65. The molecule has 1 aliphatic carbocycles. The van der Waals surface area contributed by atoms with Crippen molar-refractivity contribution in [3.8, 4) is 0 Å². The molecule has 10 heteroatoms. The van der Waals surface area contributed by atoms with Crippen molar-refractivity contribution >= 4 is 44.9 Å². The Balaban J connectivity index is 1.58. The highest BCUT2D eigenvalue weighted by atomic mass is 35.5.